The molecular formula is C12H11ClO3. The molecule has 0 aliphatic heterocycles. The lowest BCUT2D eigenvalue weighted by atomic mass is 10.1. The zero-order chi connectivity index (χ0) is 12.0. The molecule has 0 saturated carbocycles. The largest absolute Gasteiger partial charge is 0.496 e. The molecule has 0 bridgehead atoms. The zero-order valence-corrected chi connectivity index (χ0v) is 9.54. The van der Waals surface area contributed by atoms with E-state index >= 15 is 0 Å². The van der Waals surface area contributed by atoms with Gasteiger partial charge in [-0.1, -0.05) is 17.9 Å². The molecular weight excluding hydrogens is 228 g/mol. The van der Waals surface area contributed by atoms with Crippen LogP contribution in [0.15, 0.2) is 18.2 Å². The van der Waals surface area contributed by atoms with E-state index in [1.165, 1.54) is 7.11 Å². The first-order valence-corrected chi connectivity index (χ1v) is 5.14. The third-order valence-corrected chi connectivity index (χ3v) is 2.06. The topological polar surface area (TPSA) is 46.5 Å². The predicted molar refractivity (Wildman–Crippen MR) is 61.9 cm³/mol. The van der Waals surface area contributed by atoms with E-state index < -0.39 is 5.97 Å². The molecule has 0 saturated heterocycles. The highest BCUT2D eigenvalue weighted by Crippen LogP contribution is 2.20. The van der Waals surface area contributed by atoms with Gasteiger partial charge in [-0.15, -0.1) is 11.6 Å². The van der Waals surface area contributed by atoms with Crippen molar-refractivity contribution in [2.45, 2.75) is 6.42 Å². The van der Waals surface area contributed by atoms with Gasteiger partial charge in [0.15, 0.2) is 0 Å². The Morgan fingerprint density at radius 1 is 1.56 bits per heavy atom. The van der Waals surface area contributed by atoms with Gasteiger partial charge in [-0.25, -0.2) is 0 Å². The maximum atomic E-state index is 10.6. The summed E-state index contributed by atoms with van der Waals surface area (Å²) in [7, 11) is 1.50. The van der Waals surface area contributed by atoms with Crippen molar-refractivity contribution in [2.24, 2.45) is 0 Å². The maximum Gasteiger partial charge on any atom is 0.307 e. The van der Waals surface area contributed by atoms with Crippen LogP contribution in [0, 0.1) is 11.8 Å². The van der Waals surface area contributed by atoms with Gasteiger partial charge in [0, 0.05) is 11.1 Å². The standard InChI is InChI=1S/C12H11ClO3/c1-16-11-7-9(3-2-6-13)4-5-10(11)8-12(14)15/h4-5,7H,6,8H2,1H3,(H,14,15). The van der Waals surface area contributed by atoms with Gasteiger partial charge < -0.3 is 9.84 Å². The van der Waals surface area contributed by atoms with Crippen molar-refractivity contribution in [2.75, 3.05) is 13.0 Å². The number of ether oxygens (including phenoxy) is 1. The van der Waals surface area contributed by atoms with Crippen molar-refractivity contribution < 1.29 is 14.6 Å². The zero-order valence-electron chi connectivity index (χ0n) is 8.79. The van der Waals surface area contributed by atoms with Crippen molar-refractivity contribution in [1.29, 1.82) is 0 Å². The van der Waals surface area contributed by atoms with Gasteiger partial charge >= 0.3 is 5.97 Å². The Morgan fingerprint density at radius 2 is 2.31 bits per heavy atom. The molecule has 0 fully saturated rings. The number of hydrogen-bond donors (Lipinski definition) is 1. The van der Waals surface area contributed by atoms with Gasteiger partial charge in [-0.3, -0.25) is 4.79 Å². The van der Waals surface area contributed by atoms with Crippen LogP contribution in [-0.2, 0) is 11.2 Å². The van der Waals surface area contributed by atoms with Gasteiger partial charge in [-0.05, 0) is 12.1 Å². The Balaban J connectivity index is 3.01. The van der Waals surface area contributed by atoms with Crippen LogP contribution < -0.4 is 4.74 Å². The van der Waals surface area contributed by atoms with Crippen LogP contribution in [0.2, 0.25) is 0 Å². The fourth-order valence-corrected chi connectivity index (χ4v) is 1.33. The molecule has 84 valence electrons. The molecule has 0 unspecified atom stereocenters. The Morgan fingerprint density at radius 3 is 2.88 bits per heavy atom. The fraction of sp³-hybridized carbons (Fsp3) is 0.250. The normalized spacial score (nSPS) is 9.12. The predicted octanol–water partition coefficient (Wildman–Crippen LogP) is 1.91. The number of halogens is 1. The van der Waals surface area contributed by atoms with E-state index in [1.54, 1.807) is 18.2 Å². The number of benzene rings is 1. The number of aliphatic carboxylic acids is 1. The average molecular weight is 239 g/mol. The van der Waals surface area contributed by atoms with Crippen LogP contribution in [0.4, 0.5) is 0 Å². The van der Waals surface area contributed by atoms with Crippen molar-refractivity contribution in [1.82, 2.24) is 0 Å². The summed E-state index contributed by atoms with van der Waals surface area (Å²) in [6.45, 7) is 0. The highest BCUT2D eigenvalue weighted by molar-refractivity contribution is 6.19. The number of carboxylic acid groups (broad SMARTS) is 1. The average Bonchev–Trinajstić information content (AvgIpc) is 2.27. The first-order chi connectivity index (χ1) is 7.67. The van der Waals surface area contributed by atoms with Gasteiger partial charge in [0.2, 0.25) is 0 Å². The van der Waals surface area contributed by atoms with Crippen molar-refractivity contribution in [3.8, 4) is 17.6 Å². The number of methoxy groups -OCH3 is 1. The van der Waals surface area contributed by atoms with Gasteiger partial charge in [0.25, 0.3) is 0 Å². The summed E-state index contributed by atoms with van der Waals surface area (Å²) >= 11 is 5.44. The third-order valence-electron chi connectivity index (χ3n) is 1.93. The van der Waals surface area contributed by atoms with Gasteiger partial charge in [0.1, 0.15) is 5.75 Å². The first kappa shape index (κ1) is 12.4. The van der Waals surface area contributed by atoms with E-state index in [1.807, 2.05) is 0 Å². The molecule has 0 heterocycles. The SMILES string of the molecule is COc1cc(C#CCCl)ccc1CC(=O)O. The minimum Gasteiger partial charge on any atom is -0.496 e. The summed E-state index contributed by atoms with van der Waals surface area (Å²) in [6, 6.07) is 5.16. The lowest BCUT2D eigenvalue weighted by Gasteiger charge is -2.06. The quantitative estimate of drug-likeness (QED) is 0.646. The molecule has 4 heteroatoms. The number of hydrogen-bond acceptors (Lipinski definition) is 2. The van der Waals surface area contributed by atoms with Crippen molar-refractivity contribution in [3.63, 3.8) is 0 Å². The van der Waals surface area contributed by atoms with Crippen LogP contribution in [0.1, 0.15) is 11.1 Å². The lowest BCUT2D eigenvalue weighted by Crippen LogP contribution is -2.02. The van der Waals surface area contributed by atoms with E-state index in [-0.39, 0.29) is 12.3 Å². The van der Waals surface area contributed by atoms with Crippen LogP contribution in [-0.4, -0.2) is 24.1 Å². The lowest BCUT2D eigenvalue weighted by molar-refractivity contribution is -0.136. The van der Waals surface area contributed by atoms with Crippen molar-refractivity contribution in [3.05, 3.63) is 29.3 Å². The smallest absolute Gasteiger partial charge is 0.307 e. The molecule has 1 aromatic carbocycles. The summed E-state index contributed by atoms with van der Waals surface area (Å²) in [5.74, 6) is 5.46. The van der Waals surface area contributed by atoms with Crippen LogP contribution in [0.5, 0.6) is 5.75 Å². The van der Waals surface area contributed by atoms with E-state index in [0.29, 0.717) is 11.3 Å². The summed E-state index contributed by atoms with van der Waals surface area (Å²) < 4.78 is 5.10. The Bertz CT molecular complexity index is 443. The van der Waals surface area contributed by atoms with Gasteiger partial charge in [-0.2, -0.15) is 0 Å². The van der Waals surface area contributed by atoms with E-state index in [0.717, 1.165) is 5.56 Å². The molecule has 0 radical (unpaired) electrons. The molecule has 16 heavy (non-hydrogen) atoms. The monoisotopic (exact) mass is 238 g/mol. The second-order valence-corrected chi connectivity index (χ2v) is 3.30. The second kappa shape index (κ2) is 6.04. The molecule has 0 aliphatic carbocycles. The first-order valence-electron chi connectivity index (χ1n) is 4.61. The van der Waals surface area contributed by atoms with Crippen molar-refractivity contribution >= 4 is 17.6 Å². The molecule has 0 aliphatic rings. The number of alkyl halides is 1. The summed E-state index contributed by atoms with van der Waals surface area (Å²) in [4.78, 5) is 10.6. The highest BCUT2D eigenvalue weighted by atomic mass is 35.5. The summed E-state index contributed by atoms with van der Waals surface area (Å²) in [6.07, 6.45) is -0.0631. The Hall–Kier alpha value is -1.66. The minimum absolute atomic E-state index is 0.0631. The van der Waals surface area contributed by atoms with Crippen LogP contribution in [0.25, 0.3) is 0 Å². The molecule has 0 amide bonds. The second-order valence-electron chi connectivity index (χ2n) is 3.03. The molecule has 3 nitrogen and oxygen atoms in total. The number of carbonyl (C=O) groups is 1. The highest BCUT2D eigenvalue weighted by Gasteiger charge is 2.07. The van der Waals surface area contributed by atoms with E-state index in [9.17, 15) is 4.79 Å². The number of carboxylic acids is 1. The summed E-state index contributed by atoms with van der Waals surface area (Å²) in [5.41, 5.74) is 1.39. The van der Waals surface area contributed by atoms with Crippen LogP contribution in [0.3, 0.4) is 0 Å². The van der Waals surface area contributed by atoms with Gasteiger partial charge in [0.05, 0.1) is 19.4 Å². The molecule has 1 rings (SSSR count). The maximum absolute atomic E-state index is 10.6. The van der Waals surface area contributed by atoms with Crippen LogP contribution >= 0.6 is 11.6 Å². The molecule has 0 atom stereocenters. The fourth-order valence-electron chi connectivity index (χ4n) is 1.27. The van der Waals surface area contributed by atoms with E-state index in [4.69, 9.17) is 21.4 Å². The molecule has 1 aromatic rings. The molecule has 0 spiro atoms. The minimum atomic E-state index is -0.891. The third kappa shape index (κ3) is 3.48. The summed E-state index contributed by atoms with van der Waals surface area (Å²) in [5, 5.41) is 8.70. The van der Waals surface area contributed by atoms with E-state index in [2.05, 4.69) is 11.8 Å². The number of rotatable bonds is 3. The molecule has 0 aromatic heterocycles. The Labute approximate surface area is 99.0 Å². The Kier molecular flexibility index (Phi) is 4.68. The molecule has 1 N–H and O–H groups in total.